The van der Waals surface area contributed by atoms with Gasteiger partial charge in [0.15, 0.2) is 0 Å². The fourth-order valence-electron chi connectivity index (χ4n) is 2.56. The van der Waals surface area contributed by atoms with Gasteiger partial charge < -0.3 is 10.2 Å². The summed E-state index contributed by atoms with van der Waals surface area (Å²) in [6, 6.07) is 13.9. The lowest BCUT2D eigenvalue weighted by Crippen LogP contribution is -2.37. The van der Waals surface area contributed by atoms with Crippen molar-refractivity contribution in [1.29, 1.82) is 0 Å². The SMILES string of the molecule is CC(=O)N(CCNC(=O)Cc1cccc(C)c1)Cc1ccc(F)cc1. The van der Waals surface area contributed by atoms with Crippen molar-refractivity contribution >= 4 is 11.8 Å². The number of rotatable bonds is 7. The van der Waals surface area contributed by atoms with Crippen LogP contribution in [0.1, 0.15) is 23.6 Å². The van der Waals surface area contributed by atoms with Gasteiger partial charge in [0.1, 0.15) is 5.82 Å². The molecule has 0 fully saturated rings. The molecular formula is C20H23FN2O2. The van der Waals surface area contributed by atoms with Crippen molar-refractivity contribution in [2.24, 2.45) is 0 Å². The van der Waals surface area contributed by atoms with Gasteiger partial charge in [0.2, 0.25) is 11.8 Å². The minimum Gasteiger partial charge on any atom is -0.354 e. The Morgan fingerprint density at radius 1 is 1.08 bits per heavy atom. The zero-order chi connectivity index (χ0) is 18.2. The second kappa shape index (κ2) is 8.97. The van der Waals surface area contributed by atoms with Crippen LogP contribution in [-0.4, -0.2) is 29.8 Å². The standard InChI is InChI=1S/C20H23FN2O2/c1-15-4-3-5-18(12-15)13-20(25)22-10-11-23(16(2)24)14-17-6-8-19(21)9-7-17/h3-9,12H,10-11,13-14H2,1-2H3,(H,22,25). The largest absolute Gasteiger partial charge is 0.354 e. The molecule has 0 aliphatic rings. The predicted octanol–water partition coefficient (Wildman–Crippen LogP) is 2.84. The molecule has 2 aromatic carbocycles. The lowest BCUT2D eigenvalue weighted by molar-refractivity contribution is -0.130. The van der Waals surface area contributed by atoms with Gasteiger partial charge in [-0.2, -0.15) is 0 Å². The van der Waals surface area contributed by atoms with E-state index in [4.69, 9.17) is 0 Å². The molecule has 1 N–H and O–H groups in total. The summed E-state index contributed by atoms with van der Waals surface area (Å²) in [4.78, 5) is 25.4. The Hall–Kier alpha value is -2.69. The molecule has 5 heteroatoms. The van der Waals surface area contributed by atoms with E-state index in [1.54, 1.807) is 17.0 Å². The number of carbonyl (C=O) groups excluding carboxylic acids is 2. The molecule has 4 nitrogen and oxygen atoms in total. The third-order valence-electron chi connectivity index (χ3n) is 3.88. The van der Waals surface area contributed by atoms with Gasteiger partial charge in [0.25, 0.3) is 0 Å². The van der Waals surface area contributed by atoms with Gasteiger partial charge in [0.05, 0.1) is 6.42 Å². The molecule has 25 heavy (non-hydrogen) atoms. The first-order chi connectivity index (χ1) is 11.9. The molecule has 0 radical (unpaired) electrons. The van der Waals surface area contributed by atoms with Crippen LogP contribution in [0.15, 0.2) is 48.5 Å². The number of benzene rings is 2. The Kier molecular flexibility index (Phi) is 6.69. The number of halogens is 1. The van der Waals surface area contributed by atoms with E-state index in [9.17, 15) is 14.0 Å². The first-order valence-electron chi connectivity index (χ1n) is 8.26. The van der Waals surface area contributed by atoms with Crippen LogP contribution in [0.25, 0.3) is 0 Å². The smallest absolute Gasteiger partial charge is 0.224 e. The Balaban J connectivity index is 1.81. The van der Waals surface area contributed by atoms with Crippen molar-refractivity contribution in [3.63, 3.8) is 0 Å². The molecule has 0 spiro atoms. The van der Waals surface area contributed by atoms with Gasteiger partial charge in [-0.15, -0.1) is 0 Å². The summed E-state index contributed by atoms with van der Waals surface area (Å²) in [6.45, 7) is 4.65. The lowest BCUT2D eigenvalue weighted by Gasteiger charge is -2.21. The third-order valence-corrected chi connectivity index (χ3v) is 3.88. The summed E-state index contributed by atoms with van der Waals surface area (Å²) < 4.78 is 13.0. The van der Waals surface area contributed by atoms with Crippen molar-refractivity contribution in [2.45, 2.75) is 26.8 Å². The number of hydrogen-bond acceptors (Lipinski definition) is 2. The molecule has 0 heterocycles. The van der Waals surface area contributed by atoms with Crippen molar-refractivity contribution in [3.05, 3.63) is 71.0 Å². The second-order valence-electron chi connectivity index (χ2n) is 6.08. The maximum Gasteiger partial charge on any atom is 0.224 e. The Bertz CT molecular complexity index is 729. The Morgan fingerprint density at radius 2 is 1.80 bits per heavy atom. The Labute approximate surface area is 147 Å². The van der Waals surface area contributed by atoms with E-state index < -0.39 is 0 Å². The molecule has 0 saturated heterocycles. The topological polar surface area (TPSA) is 49.4 Å². The summed E-state index contributed by atoms with van der Waals surface area (Å²) >= 11 is 0. The highest BCUT2D eigenvalue weighted by atomic mass is 19.1. The number of nitrogens with one attached hydrogen (secondary N) is 1. The van der Waals surface area contributed by atoms with Crippen LogP contribution in [0.3, 0.4) is 0 Å². The first-order valence-corrected chi connectivity index (χ1v) is 8.26. The van der Waals surface area contributed by atoms with E-state index in [0.29, 0.717) is 26.1 Å². The van der Waals surface area contributed by atoms with Crippen LogP contribution in [-0.2, 0) is 22.6 Å². The minimum atomic E-state index is -0.304. The van der Waals surface area contributed by atoms with Gasteiger partial charge in [-0.3, -0.25) is 9.59 Å². The molecular weight excluding hydrogens is 319 g/mol. The number of aryl methyl sites for hydroxylation is 1. The molecule has 0 aliphatic carbocycles. The molecule has 0 bridgehead atoms. The van der Waals surface area contributed by atoms with E-state index in [1.807, 2.05) is 31.2 Å². The summed E-state index contributed by atoms with van der Waals surface area (Å²) in [7, 11) is 0. The summed E-state index contributed by atoms with van der Waals surface area (Å²) in [5.41, 5.74) is 2.93. The zero-order valence-corrected chi connectivity index (χ0v) is 14.6. The van der Waals surface area contributed by atoms with Gasteiger partial charge in [-0.25, -0.2) is 4.39 Å². The fourth-order valence-corrected chi connectivity index (χ4v) is 2.56. The maximum atomic E-state index is 13.0. The first kappa shape index (κ1) is 18.6. The number of hydrogen-bond donors (Lipinski definition) is 1. The van der Waals surface area contributed by atoms with E-state index in [0.717, 1.165) is 16.7 Å². The molecule has 2 amide bonds. The average molecular weight is 342 g/mol. The molecule has 0 aliphatic heterocycles. The maximum absolute atomic E-state index is 13.0. The highest BCUT2D eigenvalue weighted by molar-refractivity contribution is 5.78. The fraction of sp³-hybridized carbons (Fsp3) is 0.300. The molecule has 0 atom stereocenters. The van der Waals surface area contributed by atoms with Gasteiger partial charge in [-0.05, 0) is 30.2 Å². The molecule has 2 rings (SSSR count). The zero-order valence-electron chi connectivity index (χ0n) is 14.6. The average Bonchev–Trinajstić information content (AvgIpc) is 2.55. The highest BCUT2D eigenvalue weighted by Crippen LogP contribution is 2.07. The molecule has 0 saturated carbocycles. The van der Waals surface area contributed by atoms with Crippen LogP contribution in [0.4, 0.5) is 4.39 Å². The summed E-state index contributed by atoms with van der Waals surface area (Å²) in [5, 5.41) is 2.84. The van der Waals surface area contributed by atoms with Crippen molar-refractivity contribution in [2.75, 3.05) is 13.1 Å². The lowest BCUT2D eigenvalue weighted by atomic mass is 10.1. The van der Waals surface area contributed by atoms with E-state index >= 15 is 0 Å². The van der Waals surface area contributed by atoms with E-state index in [1.165, 1.54) is 19.1 Å². The Morgan fingerprint density at radius 3 is 2.44 bits per heavy atom. The molecule has 0 aromatic heterocycles. The van der Waals surface area contributed by atoms with Gasteiger partial charge >= 0.3 is 0 Å². The van der Waals surface area contributed by atoms with Gasteiger partial charge in [-0.1, -0.05) is 42.0 Å². The third kappa shape index (κ3) is 6.37. The summed E-state index contributed by atoms with van der Waals surface area (Å²) in [6.07, 6.45) is 0.319. The monoisotopic (exact) mass is 342 g/mol. The highest BCUT2D eigenvalue weighted by Gasteiger charge is 2.10. The van der Waals surface area contributed by atoms with Gasteiger partial charge in [0, 0.05) is 26.6 Å². The molecule has 0 unspecified atom stereocenters. The van der Waals surface area contributed by atoms with Crippen LogP contribution in [0, 0.1) is 12.7 Å². The normalized spacial score (nSPS) is 10.4. The van der Waals surface area contributed by atoms with E-state index in [-0.39, 0.29) is 17.6 Å². The molecule has 132 valence electrons. The second-order valence-corrected chi connectivity index (χ2v) is 6.08. The minimum absolute atomic E-state index is 0.0733. The van der Waals surface area contributed by atoms with Crippen molar-refractivity contribution in [3.8, 4) is 0 Å². The van der Waals surface area contributed by atoms with Crippen LogP contribution >= 0.6 is 0 Å². The van der Waals surface area contributed by atoms with Crippen LogP contribution in [0.5, 0.6) is 0 Å². The van der Waals surface area contributed by atoms with Crippen molar-refractivity contribution < 1.29 is 14.0 Å². The number of amides is 2. The quantitative estimate of drug-likeness (QED) is 0.841. The van der Waals surface area contributed by atoms with Crippen molar-refractivity contribution in [1.82, 2.24) is 10.2 Å². The van der Waals surface area contributed by atoms with E-state index in [2.05, 4.69) is 5.32 Å². The number of nitrogens with zero attached hydrogens (tertiary/aromatic N) is 1. The van der Waals surface area contributed by atoms with Crippen LogP contribution < -0.4 is 5.32 Å². The summed E-state index contributed by atoms with van der Waals surface area (Å²) in [5.74, 6) is -0.463. The molecule has 2 aromatic rings. The predicted molar refractivity (Wildman–Crippen MR) is 95.4 cm³/mol. The van der Waals surface area contributed by atoms with Crippen LogP contribution in [0.2, 0.25) is 0 Å². The number of carbonyl (C=O) groups is 2.